The second-order valence-corrected chi connectivity index (χ2v) is 7.06. The van der Waals surface area contributed by atoms with Gasteiger partial charge in [0.25, 0.3) is 0 Å². The first-order chi connectivity index (χ1) is 14.1. The van der Waals surface area contributed by atoms with Crippen LogP contribution in [-0.4, -0.2) is 53.7 Å². The van der Waals surface area contributed by atoms with Crippen LogP contribution in [0.2, 0.25) is 5.02 Å². The molecule has 3 aromatic rings. The maximum Gasteiger partial charge on any atom is 0.409 e. The number of fused-ring (bicyclic) bond motifs is 1. The molecule has 0 bridgehead atoms. The van der Waals surface area contributed by atoms with Gasteiger partial charge >= 0.3 is 6.09 Å². The number of carbonyl (C=O) groups is 1. The molecule has 2 aromatic carbocycles. The number of amides is 1. The van der Waals surface area contributed by atoms with Crippen LogP contribution >= 0.6 is 11.6 Å². The molecule has 1 amide bonds. The lowest BCUT2D eigenvalue weighted by Crippen LogP contribution is -2.49. The van der Waals surface area contributed by atoms with Crippen LogP contribution in [-0.2, 0) is 4.74 Å². The highest BCUT2D eigenvalue weighted by molar-refractivity contribution is 6.36. The Bertz CT molecular complexity index is 1050. The van der Waals surface area contributed by atoms with Gasteiger partial charge in [0, 0.05) is 26.2 Å². The Kier molecular flexibility index (Phi) is 5.49. The lowest BCUT2D eigenvalue weighted by Gasteiger charge is -2.35. The van der Waals surface area contributed by atoms with Crippen molar-refractivity contribution in [2.24, 2.45) is 0 Å². The summed E-state index contributed by atoms with van der Waals surface area (Å²) in [5.74, 6) is 0.565. The highest BCUT2D eigenvalue weighted by Gasteiger charge is 2.25. The average molecular weight is 415 g/mol. The fourth-order valence-electron chi connectivity index (χ4n) is 3.43. The summed E-state index contributed by atoms with van der Waals surface area (Å²) >= 11 is 6.47. The minimum absolute atomic E-state index is 0.306. The van der Waals surface area contributed by atoms with Gasteiger partial charge in [-0.2, -0.15) is 0 Å². The van der Waals surface area contributed by atoms with Crippen molar-refractivity contribution in [3.63, 3.8) is 0 Å². The summed E-state index contributed by atoms with van der Waals surface area (Å²) in [4.78, 5) is 24.9. The standard InChI is InChI=1S/C21H20ClFN4O2/c1-2-29-21(28)27-12-10-26(11-13-27)20-18-15(22)7-5-9-17(18)24-19(25-20)14-6-3-4-8-16(14)23/h3-9H,2,10-13H2,1H3. The van der Waals surface area contributed by atoms with E-state index in [2.05, 4.69) is 14.9 Å². The number of nitrogens with zero attached hydrogens (tertiary/aromatic N) is 4. The zero-order chi connectivity index (χ0) is 20.4. The molecule has 8 heteroatoms. The van der Waals surface area contributed by atoms with E-state index in [1.807, 2.05) is 12.1 Å². The predicted octanol–water partition coefficient (Wildman–Crippen LogP) is 4.37. The third kappa shape index (κ3) is 3.82. The van der Waals surface area contributed by atoms with Crippen molar-refractivity contribution < 1.29 is 13.9 Å². The van der Waals surface area contributed by atoms with Gasteiger partial charge in [0.2, 0.25) is 0 Å². The molecule has 0 aliphatic carbocycles. The fourth-order valence-corrected chi connectivity index (χ4v) is 3.68. The monoisotopic (exact) mass is 414 g/mol. The Balaban J connectivity index is 1.74. The minimum Gasteiger partial charge on any atom is -0.450 e. The van der Waals surface area contributed by atoms with Gasteiger partial charge in [0.1, 0.15) is 11.6 Å². The van der Waals surface area contributed by atoms with Gasteiger partial charge in [0.15, 0.2) is 5.82 Å². The van der Waals surface area contributed by atoms with Crippen molar-refractivity contribution in [1.29, 1.82) is 0 Å². The Morgan fingerprint density at radius 2 is 1.86 bits per heavy atom. The normalized spacial score (nSPS) is 14.3. The maximum atomic E-state index is 14.4. The number of rotatable bonds is 3. The molecule has 29 heavy (non-hydrogen) atoms. The summed E-state index contributed by atoms with van der Waals surface area (Å²) in [6.45, 7) is 4.26. The molecule has 0 radical (unpaired) electrons. The summed E-state index contributed by atoms with van der Waals surface area (Å²) in [6.07, 6.45) is -0.315. The molecule has 0 unspecified atom stereocenters. The Morgan fingerprint density at radius 1 is 1.10 bits per heavy atom. The van der Waals surface area contributed by atoms with E-state index in [1.165, 1.54) is 6.07 Å². The highest BCUT2D eigenvalue weighted by atomic mass is 35.5. The molecule has 150 valence electrons. The lowest BCUT2D eigenvalue weighted by molar-refractivity contribution is 0.105. The molecule has 2 heterocycles. The number of benzene rings is 2. The largest absolute Gasteiger partial charge is 0.450 e. The number of carbonyl (C=O) groups excluding carboxylic acids is 1. The molecule has 0 spiro atoms. The highest BCUT2D eigenvalue weighted by Crippen LogP contribution is 2.33. The van der Waals surface area contributed by atoms with E-state index in [4.69, 9.17) is 16.3 Å². The van der Waals surface area contributed by atoms with Gasteiger partial charge in [-0.1, -0.05) is 29.8 Å². The number of ether oxygens (including phenoxy) is 1. The number of hydrogen-bond acceptors (Lipinski definition) is 5. The summed E-state index contributed by atoms with van der Waals surface area (Å²) < 4.78 is 19.4. The van der Waals surface area contributed by atoms with Crippen molar-refractivity contribution >= 4 is 34.4 Å². The van der Waals surface area contributed by atoms with Crippen LogP contribution in [0.3, 0.4) is 0 Å². The first kappa shape index (κ1) is 19.4. The predicted molar refractivity (Wildman–Crippen MR) is 111 cm³/mol. The summed E-state index contributed by atoms with van der Waals surface area (Å²) in [6, 6.07) is 11.9. The number of halogens is 2. The van der Waals surface area contributed by atoms with Crippen molar-refractivity contribution in [3.05, 3.63) is 53.3 Å². The second-order valence-electron chi connectivity index (χ2n) is 6.66. The minimum atomic E-state index is -0.382. The Morgan fingerprint density at radius 3 is 2.59 bits per heavy atom. The molecule has 0 N–H and O–H groups in total. The first-order valence-corrected chi connectivity index (χ1v) is 9.84. The zero-order valence-corrected chi connectivity index (χ0v) is 16.7. The zero-order valence-electron chi connectivity index (χ0n) is 15.9. The molecule has 0 saturated carbocycles. The lowest BCUT2D eigenvalue weighted by atomic mass is 10.1. The van der Waals surface area contributed by atoms with Crippen molar-refractivity contribution in [2.45, 2.75) is 6.92 Å². The third-order valence-electron chi connectivity index (χ3n) is 4.87. The van der Waals surface area contributed by atoms with Gasteiger partial charge in [0.05, 0.1) is 28.1 Å². The van der Waals surface area contributed by atoms with E-state index < -0.39 is 0 Å². The van der Waals surface area contributed by atoms with Crippen LogP contribution in [0.5, 0.6) is 0 Å². The molecule has 6 nitrogen and oxygen atoms in total. The molecule has 1 saturated heterocycles. The van der Waals surface area contributed by atoms with Gasteiger partial charge in [-0.15, -0.1) is 0 Å². The van der Waals surface area contributed by atoms with E-state index in [1.54, 1.807) is 36.1 Å². The maximum absolute atomic E-state index is 14.4. The van der Waals surface area contributed by atoms with Gasteiger partial charge < -0.3 is 14.5 Å². The third-order valence-corrected chi connectivity index (χ3v) is 5.19. The molecule has 4 rings (SSSR count). The van der Waals surface area contributed by atoms with Crippen LogP contribution in [0, 0.1) is 5.82 Å². The van der Waals surface area contributed by atoms with E-state index in [0.29, 0.717) is 60.5 Å². The molecular formula is C21H20ClFN4O2. The Hall–Kier alpha value is -2.93. The van der Waals surface area contributed by atoms with Gasteiger partial charge in [-0.25, -0.2) is 19.2 Å². The topological polar surface area (TPSA) is 58.6 Å². The SMILES string of the molecule is CCOC(=O)N1CCN(c2nc(-c3ccccc3F)nc3cccc(Cl)c23)CC1. The van der Waals surface area contributed by atoms with E-state index in [-0.39, 0.29) is 11.9 Å². The summed E-state index contributed by atoms with van der Waals surface area (Å²) in [5.41, 5.74) is 0.981. The van der Waals surface area contributed by atoms with Crippen LogP contribution < -0.4 is 4.90 Å². The fraction of sp³-hybridized carbons (Fsp3) is 0.286. The van der Waals surface area contributed by atoms with Crippen molar-refractivity contribution in [1.82, 2.24) is 14.9 Å². The quantitative estimate of drug-likeness (QED) is 0.637. The molecule has 1 fully saturated rings. The van der Waals surface area contributed by atoms with Crippen LogP contribution in [0.4, 0.5) is 15.0 Å². The van der Waals surface area contributed by atoms with Gasteiger partial charge in [-0.05, 0) is 31.2 Å². The summed E-state index contributed by atoms with van der Waals surface area (Å²) in [5, 5.41) is 1.25. The number of anilines is 1. The number of piperazine rings is 1. The number of hydrogen-bond donors (Lipinski definition) is 0. The molecule has 1 aliphatic heterocycles. The van der Waals surface area contributed by atoms with Crippen molar-refractivity contribution in [3.8, 4) is 11.4 Å². The average Bonchev–Trinajstić information content (AvgIpc) is 2.74. The summed E-state index contributed by atoms with van der Waals surface area (Å²) in [7, 11) is 0. The van der Waals surface area contributed by atoms with Crippen LogP contribution in [0.1, 0.15) is 6.92 Å². The molecule has 1 aliphatic rings. The van der Waals surface area contributed by atoms with Crippen molar-refractivity contribution in [2.75, 3.05) is 37.7 Å². The first-order valence-electron chi connectivity index (χ1n) is 9.46. The molecule has 1 aromatic heterocycles. The Labute approximate surface area is 172 Å². The van der Waals surface area contributed by atoms with Crippen LogP contribution in [0.15, 0.2) is 42.5 Å². The smallest absolute Gasteiger partial charge is 0.409 e. The van der Waals surface area contributed by atoms with Crippen LogP contribution in [0.25, 0.3) is 22.3 Å². The van der Waals surface area contributed by atoms with Gasteiger partial charge in [-0.3, -0.25) is 0 Å². The molecular weight excluding hydrogens is 395 g/mol. The second kappa shape index (κ2) is 8.21. The van der Waals surface area contributed by atoms with E-state index in [0.717, 1.165) is 5.39 Å². The number of aromatic nitrogens is 2. The van der Waals surface area contributed by atoms with E-state index in [9.17, 15) is 9.18 Å². The molecule has 0 atom stereocenters. The van der Waals surface area contributed by atoms with E-state index >= 15 is 0 Å².